The maximum absolute atomic E-state index is 13.2. The predicted molar refractivity (Wildman–Crippen MR) is 69.4 cm³/mol. The van der Waals surface area contributed by atoms with E-state index in [0.29, 0.717) is 17.8 Å². The first kappa shape index (κ1) is 13.8. The van der Waals surface area contributed by atoms with Crippen LogP contribution in [0.3, 0.4) is 0 Å². The fourth-order valence-corrected chi connectivity index (χ4v) is 1.75. The molecule has 0 radical (unpaired) electrons. The van der Waals surface area contributed by atoms with Crippen LogP contribution >= 0.6 is 0 Å². The zero-order valence-electron chi connectivity index (χ0n) is 10.6. The topological polar surface area (TPSA) is 58.3 Å². The van der Waals surface area contributed by atoms with Gasteiger partial charge in [-0.1, -0.05) is 20.8 Å². The molecular weight excluding hydrogens is 219 g/mol. The molecule has 17 heavy (non-hydrogen) atoms. The molecule has 0 aliphatic carbocycles. The van der Waals surface area contributed by atoms with Crippen LogP contribution in [0.4, 0.5) is 15.8 Å². The van der Waals surface area contributed by atoms with Gasteiger partial charge in [-0.05, 0) is 30.0 Å². The largest absolute Gasteiger partial charge is 0.399 e. The molecule has 0 heterocycles. The quantitative estimate of drug-likeness (QED) is 0.709. The van der Waals surface area contributed by atoms with Crippen LogP contribution in [-0.4, -0.2) is 17.8 Å². The number of rotatable bonds is 4. The lowest BCUT2D eigenvalue weighted by molar-refractivity contribution is 0.235. The summed E-state index contributed by atoms with van der Waals surface area (Å²) in [6.07, 6.45) is 0.611. The molecule has 0 fully saturated rings. The fourth-order valence-electron chi connectivity index (χ4n) is 1.75. The molecule has 1 aromatic carbocycles. The first-order valence-electron chi connectivity index (χ1n) is 5.76. The molecule has 1 atom stereocenters. The van der Waals surface area contributed by atoms with E-state index in [-0.39, 0.29) is 23.9 Å². The Bertz CT molecular complexity index is 354. The number of nitrogen functional groups attached to an aromatic ring is 1. The monoisotopic (exact) mass is 240 g/mol. The third-order valence-electron chi connectivity index (χ3n) is 2.72. The van der Waals surface area contributed by atoms with Gasteiger partial charge in [0.15, 0.2) is 0 Å². The molecule has 0 bridgehead atoms. The molecule has 0 saturated heterocycles. The summed E-state index contributed by atoms with van der Waals surface area (Å²) in [4.78, 5) is 0. The first-order chi connectivity index (χ1) is 7.82. The minimum absolute atomic E-state index is 0.0240. The van der Waals surface area contributed by atoms with Crippen LogP contribution < -0.4 is 11.1 Å². The molecular formula is C13H21FN2O. The van der Waals surface area contributed by atoms with Gasteiger partial charge in [-0.25, -0.2) is 4.39 Å². The molecule has 0 spiro atoms. The summed E-state index contributed by atoms with van der Waals surface area (Å²) in [6.45, 7) is 6.31. The lowest BCUT2D eigenvalue weighted by Crippen LogP contribution is -2.34. The molecule has 4 heteroatoms. The van der Waals surface area contributed by atoms with Gasteiger partial charge in [0.2, 0.25) is 0 Å². The molecule has 1 aromatic rings. The predicted octanol–water partition coefficient (Wildman–Crippen LogP) is 2.62. The van der Waals surface area contributed by atoms with Gasteiger partial charge in [0, 0.05) is 24.0 Å². The fraction of sp³-hybridized carbons (Fsp3) is 0.538. The van der Waals surface area contributed by atoms with E-state index in [2.05, 4.69) is 26.1 Å². The lowest BCUT2D eigenvalue weighted by atomic mass is 9.85. The molecule has 1 rings (SSSR count). The van der Waals surface area contributed by atoms with Crippen molar-refractivity contribution in [3.63, 3.8) is 0 Å². The Morgan fingerprint density at radius 3 is 2.47 bits per heavy atom. The molecule has 3 nitrogen and oxygen atoms in total. The van der Waals surface area contributed by atoms with Gasteiger partial charge in [-0.2, -0.15) is 0 Å². The van der Waals surface area contributed by atoms with Gasteiger partial charge in [0.25, 0.3) is 0 Å². The Balaban J connectivity index is 2.86. The summed E-state index contributed by atoms with van der Waals surface area (Å²) < 4.78 is 13.2. The maximum Gasteiger partial charge on any atom is 0.127 e. The average Bonchev–Trinajstić information content (AvgIpc) is 2.13. The summed E-state index contributed by atoms with van der Waals surface area (Å²) in [5.41, 5.74) is 6.61. The van der Waals surface area contributed by atoms with Crippen LogP contribution in [0.1, 0.15) is 27.2 Å². The van der Waals surface area contributed by atoms with Crippen LogP contribution in [0.5, 0.6) is 0 Å². The van der Waals surface area contributed by atoms with Gasteiger partial charge in [0.1, 0.15) is 5.82 Å². The standard InChI is InChI=1S/C13H21FN2O/c1-13(2,3)12(4-5-17)16-11-7-9(14)6-10(15)8-11/h6-8,12,16-17H,4-5,15H2,1-3H3. The Morgan fingerprint density at radius 2 is 2.00 bits per heavy atom. The van der Waals surface area contributed by atoms with E-state index in [1.807, 2.05) is 0 Å². The van der Waals surface area contributed by atoms with Gasteiger partial charge in [-0.3, -0.25) is 0 Å². The number of anilines is 2. The molecule has 0 saturated carbocycles. The number of aliphatic hydroxyl groups is 1. The SMILES string of the molecule is CC(C)(C)C(CCO)Nc1cc(N)cc(F)c1. The molecule has 0 aliphatic rings. The third-order valence-corrected chi connectivity index (χ3v) is 2.72. The summed E-state index contributed by atoms with van der Waals surface area (Å²) in [7, 11) is 0. The number of benzene rings is 1. The second-order valence-corrected chi connectivity index (χ2v) is 5.35. The number of halogens is 1. The van der Waals surface area contributed by atoms with Crippen LogP contribution in [0.2, 0.25) is 0 Å². The van der Waals surface area contributed by atoms with Crippen molar-refractivity contribution in [2.45, 2.75) is 33.2 Å². The van der Waals surface area contributed by atoms with Crippen LogP contribution in [0, 0.1) is 11.2 Å². The number of hydrogen-bond donors (Lipinski definition) is 3. The number of nitrogens with one attached hydrogen (secondary N) is 1. The van der Waals surface area contributed by atoms with Gasteiger partial charge >= 0.3 is 0 Å². The minimum Gasteiger partial charge on any atom is -0.399 e. The van der Waals surface area contributed by atoms with Crippen LogP contribution in [0.15, 0.2) is 18.2 Å². The van der Waals surface area contributed by atoms with Crippen LogP contribution in [-0.2, 0) is 0 Å². The van der Waals surface area contributed by atoms with E-state index in [9.17, 15) is 4.39 Å². The van der Waals surface area contributed by atoms with Crippen molar-refractivity contribution in [1.82, 2.24) is 0 Å². The van der Waals surface area contributed by atoms with Crippen molar-refractivity contribution < 1.29 is 9.50 Å². The number of aliphatic hydroxyl groups excluding tert-OH is 1. The van der Waals surface area contributed by atoms with Crippen molar-refractivity contribution in [3.8, 4) is 0 Å². The summed E-state index contributed by atoms with van der Waals surface area (Å²) in [5.74, 6) is -0.357. The summed E-state index contributed by atoms with van der Waals surface area (Å²) in [6, 6.07) is 4.45. The number of nitrogens with two attached hydrogens (primary N) is 1. The highest BCUT2D eigenvalue weighted by Gasteiger charge is 2.24. The smallest absolute Gasteiger partial charge is 0.127 e. The molecule has 96 valence electrons. The molecule has 0 aromatic heterocycles. The second-order valence-electron chi connectivity index (χ2n) is 5.35. The average molecular weight is 240 g/mol. The normalized spacial score (nSPS) is 13.5. The van der Waals surface area contributed by atoms with E-state index in [1.54, 1.807) is 6.07 Å². The van der Waals surface area contributed by atoms with E-state index < -0.39 is 0 Å². The third kappa shape index (κ3) is 4.23. The van der Waals surface area contributed by atoms with E-state index in [4.69, 9.17) is 10.8 Å². The van der Waals surface area contributed by atoms with Crippen molar-refractivity contribution in [1.29, 1.82) is 0 Å². The zero-order valence-corrected chi connectivity index (χ0v) is 10.6. The second kappa shape index (κ2) is 5.36. The Kier molecular flexibility index (Phi) is 4.34. The Morgan fingerprint density at radius 1 is 1.35 bits per heavy atom. The van der Waals surface area contributed by atoms with Gasteiger partial charge < -0.3 is 16.2 Å². The molecule has 4 N–H and O–H groups in total. The maximum atomic E-state index is 13.2. The van der Waals surface area contributed by atoms with E-state index in [0.717, 1.165) is 0 Å². The minimum atomic E-state index is -0.357. The Labute approximate surface area is 102 Å². The van der Waals surface area contributed by atoms with Crippen molar-refractivity contribution in [2.24, 2.45) is 5.41 Å². The summed E-state index contributed by atoms with van der Waals surface area (Å²) in [5, 5.41) is 12.3. The molecule has 1 unspecified atom stereocenters. The van der Waals surface area contributed by atoms with E-state index in [1.165, 1.54) is 12.1 Å². The van der Waals surface area contributed by atoms with Crippen molar-refractivity contribution in [2.75, 3.05) is 17.7 Å². The van der Waals surface area contributed by atoms with Crippen molar-refractivity contribution >= 4 is 11.4 Å². The Hall–Kier alpha value is -1.29. The molecule has 0 amide bonds. The first-order valence-corrected chi connectivity index (χ1v) is 5.76. The highest BCUT2D eigenvalue weighted by molar-refractivity contribution is 5.55. The van der Waals surface area contributed by atoms with E-state index >= 15 is 0 Å². The van der Waals surface area contributed by atoms with Gasteiger partial charge in [0.05, 0.1) is 0 Å². The number of hydrogen-bond acceptors (Lipinski definition) is 3. The highest BCUT2D eigenvalue weighted by Crippen LogP contribution is 2.26. The lowest BCUT2D eigenvalue weighted by Gasteiger charge is -2.32. The zero-order chi connectivity index (χ0) is 13.1. The van der Waals surface area contributed by atoms with Crippen molar-refractivity contribution in [3.05, 3.63) is 24.0 Å². The highest BCUT2D eigenvalue weighted by atomic mass is 19.1. The molecule has 0 aliphatic heterocycles. The summed E-state index contributed by atoms with van der Waals surface area (Å²) >= 11 is 0. The van der Waals surface area contributed by atoms with Crippen LogP contribution in [0.25, 0.3) is 0 Å². The van der Waals surface area contributed by atoms with Gasteiger partial charge in [-0.15, -0.1) is 0 Å².